The number of imidazole rings is 1. The van der Waals surface area contributed by atoms with Crippen LogP contribution in [0.25, 0.3) is 0 Å². The van der Waals surface area contributed by atoms with Gasteiger partial charge in [0.2, 0.25) is 0 Å². The van der Waals surface area contributed by atoms with Crippen LogP contribution in [0, 0.1) is 0 Å². The first kappa shape index (κ1) is 8.14. The van der Waals surface area contributed by atoms with Crippen LogP contribution in [0.15, 0.2) is 10.8 Å². The molecule has 56 valence electrons. The Morgan fingerprint density at radius 2 is 2.60 bits per heavy atom. The van der Waals surface area contributed by atoms with Crippen molar-refractivity contribution in [3.63, 3.8) is 0 Å². The average molecular weight is 221 g/mol. The molecule has 0 aliphatic carbocycles. The molecule has 0 fully saturated rings. The number of halogens is 1. The maximum atomic E-state index is 4.13. The van der Waals surface area contributed by atoms with E-state index in [0.717, 1.165) is 21.9 Å². The lowest BCUT2D eigenvalue weighted by Gasteiger charge is -1.91. The van der Waals surface area contributed by atoms with Gasteiger partial charge in [0.15, 0.2) is 0 Å². The van der Waals surface area contributed by atoms with E-state index >= 15 is 0 Å². The van der Waals surface area contributed by atoms with Crippen molar-refractivity contribution in [2.45, 2.75) is 12.7 Å². The van der Waals surface area contributed by atoms with Gasteiger partial charge >= 0.3 is 0 Å². The minimum Gasteiger partial charge on any atom is -0.336 e. The van der Waals surface area contributed by atoms with Gasteiger partial charge in [0, 0.05) is 0 Å². The van der Waals surface area contributed by atoms with Gasteiger partial charge in [0.25, 0.3) is 0 Å². The number of rotatable bonds is 3. The van der Waals surface area contributed by atoms with Crippen molar-refractivity contribution < 1.29 is 0 Å². The minimum atomic E-state index is 0.958. The summed E-state index contributed by atoms with van der Waals surface area (Å²) in [5.41, 5.74) is 0. The molecular weight excluding hydrogens is 212 g/mol. The fourth-order valence-corrected chi connectivity index (χ4v) is 1.48. The molecule has 10 heavy (non-hydrogen) atoms. The van der Waals surface area contributed by atoms with Crippen LogP contribution in [-0.2, 0) is 5.75 Å². The summed E-state index contributed by atoms with van der Waals surface area (Å²) in [5.74, 6) is 3.15. The molecule has 0 spiro atoms. The smallest absolute Gasteiger partial charge is 0.116 e. The molecule has 0 aliphatic heterocycles. The Kier molecular flexibility index (Phi) is 3.28. The normalized spacial score (nSPS) is 10.2. The summed E-state index contributed by atoms with van der Waals surface area (Å²) in [4.78, 5) is 7.23. The Hall–Kier alpha value is 0.0400. The van der Waals surface area contributed by atoms with Crippen LogP contribution in [-0.4, -0.2) is 15.7 Å². The Labute approximate surface area is 72.9 Å². The number of hydrogen-bond acceptors (Lipinski definition) is 2. The summed E-state index contributed by atoms with van der Waals surface area (Å²) >= 11 is 5.16. The third-order valence-corrected chi connectivity index (χ3v) is 2.33. The van der Waals surface area contributed by atoms with Crippen molar-refractivity contribution in [2.24, 2.45) is 0 Å². The van der Waals surface area contributed by atoms with E-state index in [-0.39, 0.29) is 0 Å². The second-order valence-corrected chi connectivity index (χ2v) is 3.94. The highest BCUT2D eigenvalue weighted by molar-refractivity contribution is 9.10. The number of thioether (sulfide) groups is 1. The minimum absolute atomic E-state index is 0.958. The molecular formula is C6H9BrN2S. The van der Waals surface area contributed by atoms with Crippen LogP contribution in [0.4, 0.5) is 0 Å². The second-order valence-electron chi connectivity index (χ2n) is 1.81. The van der Waals surface area contributed by atoms with Gasteiger partial charge in [-0.15, -0.1) is 0 Å². The molecule has 4 heteroatoms. The van der Waals surface area contributed by atoms with Crippen molar-refractivity contribution >= 4 is 27.7 Å². The highest BCUT2D eigenvalue weighted by Crippen LogP contribution is 2.10. The fourth-order valence-electron chi connectivity index (χ4n) is 0.609. The largest absolute Gasteiger partial charge is 0.336 e. The summed E-state index contributed by atoms with van der Waals surface area (Å²) in [5, 5.41) is 0. The van der Waals surface area contributed by atoms with Crippen molar-refractivity contribution in [2.75, 3.05) is 5.75 Å². The molecule has 0 saturated heterocycles. The summed E-state index contributed by atoms with van der Waals surface area (Å²) in [6, 6.07) is 0. The maximum Gasteiger partial charge on any atom is 0.116 e. The summed E-state index contributed by atoms with van der Waals surface area (Å²) in [7, 11) is 0. The Morgan fingerprint density at radius 1 is 1.80 bits per heavy atom. The predicted molar refractivity (Wildman–Crippen MR) is 48.1 cm³/mol. The van der Waals surface area contributed by atoms with Gasteiger partial charge in [-0.1, -0.05) is 6.92 Å². The first-order valence-corrected chi connectivity index (χ1v) is 5.05. The zero-order chi connectivity index (χ0) is 7.40. The Balaban J connectivity index is 2.42. The third kappa shape index (κ3) is 2.34. The van der Waals surface area contributed by atoms with E-state index in [2.05, 4.69) is 32.8 Å². The summed E-state index contributed by atoms with van der Waals surface area (Å²) in [6.07, 6.45) is 1.78. The van der Waals surface area contributed by atoms with E-state index in [9.17, 15) is 0 Å². The van der Waals surface area contributed by atoms with E-state index in [1.165, 1.54) is 0 Å². The first-order chi connectivity index (χ1) is 4.83. The third-order valence-electron chi connectivity index (χ3n) is 1.04. The Morgan fingerprint density at radius 3 is 3.10 bits per heavy atom. The van der Waals surface area contributed by atoms with E-state index < -0.39 is 0 Å². The molecule has 0 saturated carbocycles. The molecule has 0 radical (unpaired) electrons. The van der Waals surface area contributed by atoms with E-state index in [0.29, 0.717) is 0 Å². The lowest BCUT2D eigenvalue weighted by atomic mass is 10.7. The van der Waals surface area contributed by atoms with E-state index in [1.54, 1.807) is 6.20 Å². The topological polar surface area (TPSA) is 28.7 Å². The van der Waals surface area contributed by atoms with Gasteiger partial charge in [-0.3, -0.25) is 0 Å². The molecule has 1 aromatic rings. The maximum absolute atomic E-state index is 4.13. The molecule has 1 N–H and O–H groups in total. The molecule has 0 atom stereocenters. The molecule has 1 heterocycles. The zero-order valence-electron chi connectivity index (χ0n) is 5.72. The van der Waals surface area contributed by atoms with Crippen LogP contribution in [0.2, 0.25) is 0 Å². The number of nitrogens with one attached hydrogen (secondary N) is 1. The number of H-pyrrole nitrogens is 1. The lowest BCUT2D eigenvalue weighted by molar-refractivity contribution is 1.11. The molecule has 1 rings (SSSR count). The number of aromatic amines is 1. The van der Waals surface area contributed by atoms with Crippen molar-refractivity contribution in [3.05, 3.63) is 16.6 Å². The highest BCUT2D eigenvalue weighted by atomic mass is 79.9. The standard InChI is InChI=1S/C6H9BrN2S/c1-2-10-4-6-8-3-5(7)9-6/h3H,2,4H2,1H3,(H,8,9). The van der Waals surface area contributed by atoms with Gasteiger partial charge in [-0.25, -0.2) is 4.98 Å². The van der Waals surface area contributed by atoms with Crippen LogP contribution < -0.4 is 0 Å². The average Bonchev–Trinajstić information content (AvgIpc) is 2.31. The SMILES string of the molecule is CCSCc1ncc(Br)[nH]1. The van der Waals surface area contributed by atoms with Gasteiger partial charge in [-0.2, -0.15) is 11.8 Å². The first-order valence-electron chi connectivity index (χ1n) is 3.10. The van der Waals surface area contributed by atoms with Crippen molar-refractivity contribution in [1.82, 2.24) is 9.97 Å². The monoisotopic (exact) mass is 220 g/mol. The van der Waals surface area contributed by atoms with Crippen LogP contribution >= 0.6 is 27.7 Å². The number of aromatic nitrogens is 2. The molecule has 0 aromatic carbocycles. The van der Waals surface area contributed by atoms with Gasteiger partial charge in [-0.05, 0) is 21.7 Å². The highest BCUT2D eigenvalue weighted by Gasteiger charge is 1.95. The van der Waals surface area contributed by atoms with Crippen molar-refractivity contribution in [1.29, 1.82) is 0 Å². The van der Waals surface area contributed by atoms with Crippen LogP contribution in [0.3, 0.4) is 0 Å². The quantitative estimate of drug-likeness (QED) is 0.849. The lowest BCUT2D eigenvalue weighted by Crippen LogP contribution is -1.82. The predicted octanol–water partition coefficient (Wildman–Crippen LogP) is 2.43. The zero-order valence-corrected chi connectivity index (χ0v) is 8.13. The molecule has 0 unspecified atom stereocenters. The second kappa shape index (κ2) is 4.03. The Bertz CT molecular complexity index is 199. The van der Waals surface area contributed by atoms with Gasteiger partial charge < -0.3 is 4.98 Å². The van der Waals surface area contributed by atoms with Gasteiger partial charge in [0.1, 0.15) is 10.4 Å². The van der Waals surface area contributed by atoms with Crippen LogP contribution in [0.5, 0.6) is 0 Å². The summed E-state index contributed by atoms with van der Waals surface area (Å²) < 4.78 is 0.958. The molecule has 0 amide bonds. The fraction of sp³-hybridized carbons (Fsp3) is 0.500. The number of hydrogen-bond donors (Lipinski definition) is 1. The molecule has 0 bridgehead atoms. The summed E-state index contributed by atoms with van der Waals surface area (Å²) in [6.45, 7) is 2.14. The van der Waals surface area contributed by atoms with E-state index in [1.807, 2.05) is 11.8 Å². The van der Waals surface area contributed by atoms with Gasteiger partial charge in [0.05, 0.1) is 11.9 Å². The molecule has 2 nitrogen and oxygen atoms in total. The van der Waals surface area contributed by atoms with Crippen LogP contribution in [0.1, 0.15) is 12.7 Å². The van der Waals surface area contributed by atoms with Crippen molar-refractivity contribution in [3.8, 4) is 0 Å². The molecule has 1 aromatic heterocycles. The number of nitrogens with zero attached hydrogens (tertiary/aromatic N) is 1. The van der Waals surface area contributed by atoms with E-state index in [4.69, 9.17) is 0 Å². The molecule has 0 aliphatic rings.